The molecule has 2 aromatic rings. The molecule has 4 rings (SSSR count). The Morgan fingerprint density at radius 2 is 2.04 bits per heavy atom. The molecule has 5 nitrogen and oxygen atoms in total. The van der Waals surface area contributed by atoms with E-state index in [2.05, 4.69) is 20.2 Å². The van der Waals surface area contributed by atoms with Gasteiger partial charge in [-0.05, 0) is 50.8 Å². The predicted octanol–water partition coefficient (Wildman–Crippen LogP) is 3.27. The molecule has 140 valence electrons. The third-order valence-electron chi connectivity index (χ3n) is 5.99. The Morgan fingerprint density at radius 3 is 2.88 bits per heavy atom. The highest BCUT2D eigenvalue weighted by Crippen LogP contribution is 2.28. The monoisotopic (exact) mass is 354 g/mol. The van der Waals surface area contributed by atoms with E-state index in [-0.39, 0.29) is 11.8 Å². The molecule has 2 heterocycles. The third kappa shape index (κ3) is 4.09. The predicted molar refractivity (Wildman–Crippen MR) is 104 cm³/mol. The lowest BCUT2D eigenvalue weighted by Crippen LogP contribution is -2.46. The number of imidazole rings is 1. The Labute approximate surface area is 155 Å². The minimum absolute atomic E-state index is 0.176. The highest BCUT2D eigenvalue weighted by Gasteiger charge is 2.30. The average molecular weight is 354 g/mol. The van der Waals surface area contributed by atoms with Crippen molar-refractivity contribution in [3.8, 4) is 0 Å². The van der Waals surface area contributed by atoms with Crippen molar-refractivity contribution in [2.24, 2.45) is 5.92 Å². The number of nitrogens with one attached hydrogen (secondary N) is 2. The number of carbonyl (C=O) groups is 1. The standard InChI is InChI=1S/C21H30N4O/c26-21(16-7-6-14-25(15-16)17-8-1-2-9-17)22-13-5-12-20-23-18-10-3-4-11-19(18)24-20/h3-4,10-11,16-17H,1-2,5-9,12-15H2,(H,22,26)(H,23,24). The molecular weight excluding hydrogens is 324 g/mol. The summed E-state index contributed by atoms with van der Waals surface area (Å²) in [5, 5.41) is 3.16. The Bertz CT molecular complexity index is 701. The highest BCUT2D eigenvalue weighted by molar-refractivity contribution is 5.79. The van der Waals surface area contributed by atoms with E-state index in [1.807, 2.05) is 24.3 Å². The van der Waals surface area contributed by atoms with Crippen LogP contribution < -0.4 is 5.32 Å². The largest absolute Gasteiger partial charge is 0.356 e. The van der Waals surface area contributed by atoms with Crippen molar-refractivity contribution in [3.05, 3.63) is 30.1 Å². The molecule has 26 heavy (non-hydrogen) atoms. The Kier molecular flexibility index (Phi) is 5.54. The first-order chi connectivity index (χ1) is 12.8. The number of aromatic amines is 1. The lowest BCUT2D eigenvalue weighted by Gasteiger charge is -2.36. The first-order valence-electron chi connectivity index (χ1n) is 10.2. The second-order valence-electron chi connectivity index (χ2n) is 7.87. The van der Waals surface area contributed by atoms with Gasteiger partial charge in [-0.1, -0.05) is 25.0 Å². The molecule has 1 aliphatic heterocycles. The van der Waals surface area contributed by atoms with Crippen molar-refractivity contribution in [3.63, 3.8) is 0 Å². The molecule has 2 aliphatic rings. The van der Waals surface area contributed by atoms with Gasteiger partial charge in [-0.2, -0.15) is 0 Å². The number of piperidine rings is 1. The highest BCUT2D eigenvalue weighted by atomic mass is 16.1. The third-order valence-corrected chi connectivity index (χ3v) is 5.99. The molecule has 1 saturated carbocycles. The number of hydrogen-bond acceptors (Lipinski definition) is 3. The lowest BCUT2D eigenvalue weighted by atomic mass is 9.95. The van der Waals surface area contributed by atoms with Crippen LogP contribution in [0.3, 0.4) is 0 Å². The minimum Gasteiger partial charge on any atom is -0.356 e. The number of rotatable bonds is 6. The number of aryl methyl sites for hydroxylation is 1. The summed E-state index contributed by atoms with van der Waals surface area (Å²) in [6, 6.07) is 8.83. The van der Waals surface area contributed by atoms with E-state index in [1.54, 1.807) is 0 Å². The fraction of sp³-hybridized carbons (Fsp3) is 0.619. The molecule has 0 spiro atoms. The minimum atomic E-state index is 0.176. The van der Waals surface area contributed by atoms with Gasteiger partial charge in [0.1, 0.15) is 5.82 Å². The van der Waals surface area contributed by atoms with Crippen LogP contribution >= 0.6 is 0 Å². The van der Waals surface area contributed by atoms with Crippen LogP contribution in [0, 0.1) is 5.92 Å². The zero-order chi connectivity index (χ0) is 17.8. The number of para-hydroxylation sites is 2. The summed E-state index contributed by atoms with van der Waals surface area (Å²) >= 11 is 0. The first-order valence-corrected chi connectivity index (χ1v) is 10.2. The first kappa shape index (κ1) is 17.5. The SMILES string of the molecule is O=C(NCCCc1nc2ccccc2[nH]1)C1CCCN(C2CCCC2)C1. The van der Waals surface area contributed by atoms with Gasteiger partial charge in [-0.3, -0.25) is 9.69 Å². The molecule has 1 saturated heterocycles. The van der Waals surface area contributed by atoms with Gasteiger partial charge in [0, 0.05) is 25.6 Å². The van der Waals surface area contributed by atoms with Crippen LogP contribution in [0.2, 0.25) is 0 Å². The van der Waals surface area contributed by atoms with E-state index in [9.17, 15) is 4.79 Å². The van der Waals surface area contributed by atoms with Crippen molar-refractivity contribution in [2.75, 3.05) is 19.6 Å². The zero-order valence-corrected chi connectivity index (χ0v) is 15.5. The smallest absolute Gasteiger partial charge is 0.224 e. The van der Waals surface area contributed by atoms with E-state index in [0.29, 0.717) is 0 Å². The fourth-order valence-electron chi connectivity index (χ4n) is 4.56. The fourth-order valence-corrected chi connectivity index (χ4v) is 4.56. The number of nitrogens with zero attached hydrogens (tertiary/aromatic N) is 2. The number of likely N-dealkylation sites (tertiary alicyclic amines) is 1. The van der Waals surface area contributed by atoms with Gasteiger partial charge in [-0.15, -0.1) is 0 Å². The van der Waals surface area contributed by atoms with Crippen LogP contribution in [0.5, 0.6) is 0 Å². The maximum Gasteiger partial charge on any atom is 0.224 e. The van der Waals surface area contributed by atoms with Gasteiger partial charge in [-0.25, -0.2) is 4.98 Å². The van der Waals surface area contributed by atoms with Crippen molar-refractivity contribution in [1.29, 1.82) is 0 Å². The molecule has 1 aromatic heterocycles. The number of carbonyl (C=O) groups excluding carboxylic acids is 1. The molecule has 2 fully saturated rings. The molecule has 1 atom stereocenters. The zero-order valence-electron chi connectivity index (χ0n) is 15.5. The van der Waals surface area contributed by atoms with Crippen molar-refractivity contribution in [1.82, 2.24) is 20.2 Å². The summed E-state index contributed by atoms with van der Waals surface area (Å²) in [4.78, 5) is 23.1. The van der Waals surface area contributed by atoms with E-state index in [0.717, 1.165) is 61.7 Å². The van der Waals surface area contributed by atoms with Crippen LogP contribution in [0.1, 0.15) is 50.8 Å². The maximum absolute atomic E-state index is 12.5. The van der Waals surface area contributed by atoms with Crippen LogP contribution in [-0.4, -0.2) is 46.5 Å². The van der Waals surface area contributed by atoms with Crippen LogP contribution in [0.4, 0.5) is 0 Å². The topological polar surface area (TPSA) is 61.0 Å². The van der Waals surface area contributed by atoms with Crippen molar-refractivity contribution in [2.45, 2.75) is 57.4 Å². The summed E-state index contributed by atoms with van der Waals surface area (Å²) in [6.45, 7) is 2.87. The number of hydrogen-bond donors (Lipinski definition) is 2. The Hall–Kier alpha value is -1.88. The number of fused-ring (bicyclic) bond motifs is 1. The molecule has 1 aromatic carbocycles. The van der Waals surface area contributed by atoms with E-state index >= 15 is 0 Å². The van der Waals surface area contributed by atoms with Crippen molar-refractivity contribution >= 4 is 16.9 Å². The summed E-state index contributed by atoms with van der Waals surface area (Å²) in [7, 11) is 0. The average Bonchev–Trinajstić information content (AvgIpc) is 3.34. The van der Waals surface area contributed by atoms with E-state index in [4.69, 9.17) is 0 Å². The molecule has 1 aliphatic carbocycles. The summed E-state index contributed by atoms with van der Waals surface area (Å²) in [5.74, 6) is 1.43. The second kappa shape index (κ2) is 8.21. The normalized spacial score (nSPS) is 22.1. The van der Waals surface area contributed by atoms with Crippen molar-refractivity contribution < 1.29 is 4.79 Å². The number of H-pyrrole nitrogens is 1. The van der Waals surface area contributed by atoms with Gasteiger partial charge < -0.3 is 10.3 Å². The Morgan fingerprint density at radius 1 is 1.19 bits per heavy atom. The lowest BCUT2D eigenvalue weighted by molar-refractivity contribution is -0.127. The molecular formula is C21H30N4O. The summed E-state index contributed by atoms with van der Waals surface area (Å²) < 4.78 is 0. The molecule has 2 N–H and O–H groups in total. The van der Waals surface area contributed by atoms with Crippen LogP contribution in [0.15, 0.2) is 24.3 Å². The van der Waals surface area contributed by atoms with Gasteiger partial charge >= 0.3 is 0 Å². The number of benzene rings is 1. The van der Waals surface area contributed by atoms with Gasteiger partial charge in [0.15, 0.2) is 0 Å². The van der Waals surface area contributed by atoms with Crippen LogP contribution in [-0.2, 0) is 11.2 Å². The van der Waals surface area contributed by atoms with E-state index in [1.165, 1.54) is 32.2 Å². The number of amides is 1. The quantitative estimate of drug-likeness (QED) is 0.783. The van der Waals surface area contributed by atoms with E-state index < -0.39 is 0 Å². The molecule has 0 bridgehead atoms. The van der Waals surface area contributed by atoms with Gasteiger partial charge in [0.25, 0.3) is 0 Å². The Balaban J connectivity index is 1.21. The second-order valence-corrected chi connectivity index (χ2v) is 7.87. The maximum atomic E-state index is 12.5. The molecule has 0 radical (unpaired) electrons. The molecule has 1 amide bonds. The van der Waals surface area contributed by atoms with Gasteiger partial charge in [0.2, 0.25) is 5.91 Å². The van der Waals surface area contributed by atoms with Gasteiger partial charge in [0.05, 0.1) is 17.0 Å². The summed E-state index contributed by atoms with van der Waals surface area (Å²) in [6.07, 6.45) is 9.36. The van der Waals surface area contributed by atoms with Crippen LogP contribution in [0.25, 0.3) is 11.0 Å². The number of aromatic nitrogens is 2. The molecule has 5 heteroatoms. The molecule has 1 unspecified atom stereocenters. The summed E-state index contributed by atoms with van der Waals surface area (Å²) in [5.41, 5.74) is 2.10.